The zero-order valence-electron chi connectivity index (χ0n) is 12.9. The first-order valence-corrected chi connectivity index (χ1v) is 8.30. The number of aromatic nitrogens is 4. The molecule has 2 aromatic rings. The molecule has 2 aromatic heterocycles. The molecule has 2 rings (SSSR count). The number of nitrogens with zero attached hydrogens (tertiary/aromatic N) is 4. The topological polar surface area (TPSA) is 72.7 Å². The molecule has 1 amide bonds. The Morgan fingerprint density at radius 1 is 1.45 bits per heavy atom. The van der Waals surface area contributed by atoms with Crippen molar-refractivity contribution in [3.8, 4) is 0 Å². The fraction of sp³-hybridized carbons (Fsp3) is 0.467. The van der Waals surface area contributed by atoms with Gasteiger partial charge in [0.1, 0.15) is 6.33 Å². The van der Waals surface area contributed by atoms with Gasteiger partial charge in [0, 0.05) is 31.4 Å². The molecule has 0 bridgehead atoms. The van der Waals surface area contributed by atoms with Crippen LogP contribution in [-0.4, -0.2) is 37.5 Å². The predicted molar refractivity (Wildman–Crippen MR) is 86.6 cm³/mol. The lowest BCUT2D eigenvalue weighted by Gasteiger charge is -2.11. The summed E-state index contributed by atoms with van der Waals surface area (Å²) < 4.78 is 1.96. The smallest absolute Gasteiger partial charge is 0.233 e. The van der Waals surface area contributed by atoms with Crippen molar-refractivity contribution in [1.82, 2.24) is 25.1 Å². The van der Waals surface area contributed by atoms with Gasteiger partial charge >= 0.3 is 0 Å². The molecule has 0 saturated heterocycles. The molecule has 0 aliphatic heterocycles. The molecule has 1 N–H and O–H groups in total. The predicted octanol–water partition coefficient (Wildman–Crippen LogP) is 1.92. The van der Waals surface area contributed by atoms with Crippen LogP contribution >= 0.6 is 11.8 Å². The molecule has 6 nitrogen and oxygen atoms in total. The molecule has 0 aliphatic rings. The van der Waals surface area contributed by atoms with Crippen LogP contribution in [0, 0.1) is 0 Å². The van der Waals surface area contributed by atoms with Crippen molar-refractivity contribution >= 4 is 17.7 Å². The van der Waals surface area contributed by atoms with E-state index in [1.54, 1.807) is 12.5 Å². The maximum absolute atomic E-state index is 11.9. The number of nitrogens with one attached hydrogen (secondary N) is 1. The molecular weight excluding hydrogens is 298 g/mol. The van der Waals surface area contributed by atoms with Gasteiger partial charge in [0.25, 0.3) is 0 Å². The van der Waals surface area contributed by atoms with Gasteiger partial charge in [-0.3, -0.25) is 9.78 Å². The number of aryl methyl sites for hydroxylation is 2. The van der Waals surface area contributed by atoms with Crippen LogP contribution in [0.5, 0.6) is 0 Å². The Kier molecular flexibility index (Phi) is 6.39. The molecule has 0 spiro atoms. The second kappa shape index (κ2) is 8.53. The third-order valence-corrected chi connectivity index (χ3v) is 4.21. The van der Waals surface area contributed by atoms with Gasteiger partial charge < -0.3 is 9.88 Å². The minimum atomic E-state index is -0.190. The number of hydrogen-bond acceptors (Lipinski definition) is 5. The first-order valence-electron chi connectivity index (χ1n) is 7.42. The molecule has 1 atom stereocenters. The number of thioether (sulfide) groups is 1. The SMILES string of the molecule is CCCNC(=O)[C@H](C)Sc1nncn1CCc1ccccn1. The standard InChI is InChI=1S/C15H21N5OS/c1-3-8-17-14(21)12(2)22-15-19-18-11-20(15)10-7-13-6-4-5-9-16-13/h4-6,9,11-12H,3,7-8,10H2,1-2H3,(H,17,21)/t12-/m0/s1. The third-order valence-electron chi connectivity index (χ3n) is 3.12. The Morgan fingerprint density at radius 2 is 2.32 bits per heavy atom. The van der Waals surface area contributed by atoms with Gasteiger partial charge in [0.05, 0.1) is 5.25 Å². The molecule has 7 heteroatoms. The molecule has 22 heavy (non-hydrogen) atoms. The molecule has 0 aliphatic carbocycles. The molecular formula is C15H21N5OS. The molecule has 0 fully saturated rings. The lowest BCUT2D eigenvalue weighted by molar-refractivity contribution is -0.120. The van der Waals surface area contributed by atoms with E-state index in [-0.39, 0.29) is 11.2 Å². The van der Waals surface area contributed by atoms with Gasteiger partial charge in [-0.2, -0.15) is 0 Å². The van der Waals surface area contributed by atoms with Crippen LogP contribution < -0.4 is 5.32 Å². The normalized spacial score (nSPS) is 12.1. The summed E-state index contributed by atoms with van der Waals surface area (Å²) in [6.07, 6.45) is 5.23. The minimum Gasteiger partial charge on any atom is -0.355 e. The number of amides is 1. The number of hydrogen-bond donors (Lipinski definition) is 1. The van der Waals surface area contributed by atoms with Crippen molar-refractivity contribution in [1.29, 1.82) is 0 Å². The highest BCUT2D eigenvalue weighted by molar-refractivity contribution is 8.00. The van der Waals surface area contributed by atoms with E-state index in [0.717, 1.165) is 30.2 Å². The van der Waals surface area contributed by atoms with E-state index in [1.165, 1.54) is 11.8 Å². The minimum absolute atomic E-state index is 0.0335. The van der Waals surface area contributed by atoms with Crippen LogP contribution in [0.2, 0.25) is 0 Å². The van der Waals surface area contributed by atoms with Gasteiger partial charge in [-0.25, -0.2) is 0 Å². The van der Waals surface area contributed by atoms with Gasteiger partial charge in [-0.1, -0.05) is 24.8 Å². The van der Waals surface area contributed by atoms with Crippen molar-refractivity contribution in [2.24, 2.45) is 0 Å². The number of carbonyl (C=O) groups excluding carboxylic acids is 1. The first kappa shape index (κ1) is 16.5. The fourth-order valence-electron chi connectivity index (χ4n) is 1.87. The Hall–Kier alpha value is -1.89. The molecule has 0 unspecified atom stereocenters. The summed E-state index contributed by atoms with van der Waals surface area (Å²) >= 11 is 1.43. The quantitative estimate of drug-likeness (QED) is 0.753. The van der Waals surface area contributed by atoms with Crippen molar-refractivity contribution in [2.45, 2.75) is 43.6 Å². The second-order valence-electron chi connectivity index (χ2n) is 4.93. The Morgan fingerprint density at radius 3 is 3.05 bits per heavy atom. The van der Waals surface area contributed by atoms with E-state index in [9.17, 15) is 4.79 Å². The first-order chi connectivity index (χ1) is 10.7. The highest BCUT2D eigenvalue weighted by atomic mass is 32.2. The van der Waals surface area contributed by atoms with Gasteiger partial charge in [0.2, 0.25) is 5.91 Å². The fourth-order valence-corrected chi connectivity index (χ4v) is 2.75. The van der Waals surface area contributed by atoms with Gasteiger partial charge in [-0.05, 0) is 25.5 Å². The summed E-state index contributed by atoms with van der Waals surface area (Å²) in [6.45, 7) is 5.37. The molecule has 2 heterocycles. The van der Waals surface area contributed by atoms with Crippen LogP contribution in [0.3, 0.4) is 0 Å². The lowest BCUT2D eigenvalue weighted by atomic mass is 10.3. The summed E-state index contributed by atoms with van der Waals surface area (Å²) in [4.78, 5) is 16.2. The van der Waals surface area contributed by atoms with Gasteiger partial charge in [0.15, 0.2) is 5.16 Å². The van der Waals surface area contributed by atoms with Crippen molar-refractivity contribution in [2.75, 3.05) is 6.54 Å². The van der Waals surface area contributed by atoms with Crippen LogP contribution in [0.15, 0.2) is 35.9 Å². The molecule has 0 radical (unpaired) electrons. The Balaban J connectivity index is 1.90. The van der Waals surface area contributed by atoms with E-state index < -0.39 is 0 Å². The summed E-state index contributed by atoms with van der Waals surface area (Å²) in [6, 6.07) is 5.88. The maximum atomic E-state index is 11.9. The Labute approximate surface area is 134 Å². The van der Waals surface area contributed by atoms with E-state index in [4.69, 9.17) is 0 Å². The van der Waals surface area contributed by atoms with Crippen LogP contribution in [0.25, 0.3) is 0 Å². The van der Waals surface area contributed by atoms with E-state index in [1.807, 2.05) is 36.6 Å². The lowest BCUT2D eigenvalue weighted by Crippen LogP contribution is -2.31. The van der Waals surface area contributed by atoms with Crippen molar-refractivity contribution < 1.29 is 4.79 Å². The highest BCUT2D eigenvalue weighted by Crippen LogP contribution is 2.21. The van der Waals surface area contributed by atoms with E-state index in [2.05, 4.69) is 20.5 Å². The van der Waals surface area contributed by atoms with Gasteiger partial charge in [-0.15, -0.1) is 10.2 Å². The molecule has 0 aromatic carbocycles. The summed E-state index contributed by atoms with van der Waals surface area (Å²) in [5.74, 6) is 0.0335. The molecule has 0 saturated carbocycles. The maximum Gasteiger partial charge on any atom is 0.233 e. The Bertz CT molecular complexity index is 587. The number of pyridine rings is 1. The van der Waals surface area contributed by atoms with Crippen molar-refractivity contribution in [3.63, 3.8) is 0 Å². The summed E-state index contributed by atoms with van der Waals surface area (Å²) in [5.41, 5.74) is 1.03. The van der Waals surface area contributed by atoms with Crippen molar-refractivity contribution in [3.05, 3.63) is 36.4 Å². The van der Waals surface area contributed by atoms with Crippen LogP contribution in [0.4, 0.5) is 0 Å². The van der Waals surface area contributed by atoms with Crippen LogP contribution in [0.1, 0.15) is 26.0 Å². The summed E-state index contributed by atoms with van der Waals surface area (Å²) in [5, 5.41) is 11.5. The number of rotatable bonds is 8. The number of carbonyl (C=O) groups is 1. The highest BCUT2D eigenvalue weighted by Gasteiger charge is 2.17. The molecule has 118 valence electrons. The zero-order chi connectivity index (χ0) is 15.8. The largest absolute Gasteiger partial charge is 0.355 e. The summed E-state index contributed by atoms with van der Waals surface area (Å²) in [7, 11) is 0. The van der Waals surface area contributed by atoms with Crippen LogP contribution in [-0.2, 0) is 17.8 Å². The van der Waals surface area contributed by atoms with E-state index >= 15 is 0 Å². The monoisotopic (exact) mass is 319 g/mol. The zero-order valence-corrected chi connectivity index (χ0v) is 13.7. The second-order valence-corrected chi connectivity index (χ2v) is 6.24. The average molecular weight is 319 g/mol. The van der Waals surface area contributed by atoms with E-state index in [0.29, 0.717) is 6.54 Å². The average Bonchev–Trinajstić information content (AvgIpc) is 2.98. The third kappa shape index (κ3) is 4.84.